The molecule has 4 aromatic rings. The van der Waals surface area contributed by atoms with E-state index >= 15 is 0 Å². The van der Waals surface area contributed by atoms with E-state index in [1.807, 2.05) is 0 Å². The summed E-state index contributed by atoms with van der Waals surface area (Å²) in [5.74, 6) is -0.314. The lowest BCUT2D eigenvalue weighted by Crippen LogP contribution is -2.22. The summed E-state index contributed by atoms with van der Waals surface area (Å²) >= 11 is 0. The van der Waals surface area contributed by atoms with E-state index in [1.165, 1.54) is 28.9 Å². The van der Waals surface area contributed by atoms with E-state index in [0.717, 1.165) is 0 Å². The number of rotatable bonds is 6. The fourth-order valence-corrected chi connectivity index (χ4v) is 3.16. The number of para-hydroxylation sites is 1. The van der Waals surface area contributed by atoms with Gasteiger partial charge in [-0.3, -0.25) is 19.5 Å². The van der Waals surface area contributed by atoms with Gasteiger partial charge in [-0.15, -0.1) is 0 Å². The highest BCUT2D eigenvalue weighted by Crippen LogP contribution is 2.19. The van der Waals surface area contributed by atoms with Crippen LogP contribution in [0.2, 0.25) is 0 Å². The minimum absolute atomic E-state index is 0.239. The first kappa shape index (κ1) is 20.7. The smallest absolute Gasteiger partial charge is 0.433 e. The molecule has 9 heteroatoms. The number of hydrogen-bond acceptors (Lipinski definition) is 7. The van der Waals surface area contributed by atoms with Gasteiger partial charge >= 0.3 is 11.9 Å². The van der Waals surface area contributed by atoms with E-state index in [2.05, 4.69) is 4.98 Å². The van der Waals surface area contributed by atoms with Gasteiger partial charge in [-0.25, -0.2) is 9.78 Å². The second-order valence-electron chi connectivity index (χ2n) is 6.66. The van der Waals surface area contributed by atoms with Crippen LogP contribution < -0.4 is 5.56 Å². The molecule has 0 amide bonds. The molecule has 0 bridgehead atoms. The number of hydrogen-bond donors (Lipinski definition) is 0. The zero-order valence-corrected chi connectivity index (χ0v) is 16.9. The molecule has 0 saturated heterocycles. The van der Waals surface area contributed by atoms with Crippen LogP contribution in [0.3, 0.4) is 0 Å². The van der Waals surface area contributed by atoms with Crippen molar-refractivity contribution < 1.29 is 18.9 Å². The van der Waals surface area contributed by atoms with Crippen molar-refractivity contribution in [1.29, 1.82) is 0 Å². The van der Waals surface area contributed by atoms with Crippen molar-refractivity contribution in [2.24, 2.45) is 0 Å². The van der Waals surface area contributed by atoms with Gasteiger partial charge in [-0.2, -0.15) is 0 Å². The summed E-state index contributed by atoms with van der Waals surface area (Å²) in [6, 6.07) is 16.0. The van der Waals surface area contributed by atoms with Gasteiger partial charge < -0.3 is 9.15 Å². The van der Waals surface area contributed by atoms with Crippen molar-refractivity contribution >= 4 is 34.9 Å². The molecule has 32 heavy (non-hydrogen) atoms. The Hall–Kier alpha value is -4.53. The predicted molar refractivity (Wildman–Crippen MR) is 118 cm³/mol. The molecule has 0 radical (unpaired) electrons. The van der Waals surface area contributed by atoms with Crippen LogP contribution >= 0.6 is 0 Å². The number of fused-ring (bicyclic) bond motifs is 1. The molecule has 0 N–H and O–H groups in total. The molecule has 2 aromatic carbocycles. The van der Waals surface area contributed by atoms with Gasteiger partial charge in [0, 0.05) is 0 Å². The second kappa shape index (κ2) is 8.68. The maximum atomic E-state index is 13.3. The molecule has 0 fully saturated rings. The number of nitrogens with zero attached hydrogens (tertiary/aromatic N) is 3. The zero-order valence-electron chi connectivity index (χ0n) is 16.9. The fourth-order valence-electron chi connectivity index (χ4n) is 3.16. The number of furan rings is 1. The number of esters is 1. The van der Waals surface area contributed by atoms with Gasteiger partial charge in [0.25, 0.3) is 5.56 Å². The largest absolute Gasteiger partial charge is 0.462 e. The van der Waals surface area contributed by atoms with Crippen LogP contribution in [0.25, 0.3) is 28.7 Å². The first-order valence-electron chi connectivity index (χ1n) is 9.69. The minimum Gasteiger partial charge on any atom is -0.462 e. The lowest BCUT2D eigenvalue weighted by Gasteiger charge is -2.12. The average Bonchev–Trinajstić information content (AvgIpc) is 3.28. The van der Waals surface area contributed by atoms with E-state index in [0.29, 0.717) is 22.2 Å². The van der Waals surface area contributed by atoms with Gasteiger partial charge in [0.1, 0.15) is 16.5 Å². The molecular weight excluding hydrogens is 414 g/mol. The molecule has 0 saturated carbocycles. The quantitative estimate of drug-likeness (QED) is 0.255. The summed E-state index contributed by atoms with van der Waals surface area (Å²) in [6.45, 7) is 1.98. The molecule has 0 unspecified atom stereocenters. The summed E-state index contributed by atoms with van der Waals surface area (Å²) in [7, 11) is 0. The lowest BCUT2D eigenvalue weighted by atomic mass is 10.2. The monoisotopic (exact) mass is 431 g/mol. The van der Waals surface area contributed by atoms with Crippen LogP contribution in [0, 0.1) is 10.1 Å². The summed E-state index contributed by atoms with van der Waals surface area (Å²) in [5, 5.41) is 11.3. The number of carbonyl (C=O) groups is 1. The molecule has 9 nitrogen and oxygen atoms in total. The molecular formula is C23H17N3O6. The van der Waals surface area contributed by atoms with Crippen molar-refractivity contribution in [3.8, 4) is 5.69 Å². The van der Waals surface area contributed by atoms with E-state index in [-0.39, 0.29) is 29.6 Å². The maximum Gasteiger partial charge on any atom is 0.433 e. The highest BCUT2D eigenvalue weighted by atomic mass is 16.6. The van der Waals surface area contributed by atoms with Gasteiger partial charge in [-0.1, -0.05) is 12.1 Å². The molecule has 2 heterocycles. The standard InChI is InChI=1S/C23H17N3O6/c1-2-31-23(28)15-7-9-16(10-8-15)25-20(13-11-17-12-14-21(32-17)26(29)30)24-19-6-4-3-5-18(19)22(25)27/h3-14H,2H2,1H3. The molecule has 160 valence electrons. The Bertz CT molecular complexity index is 1400. The van der Waals surface area contributed by atoms with E-state index in [9.17, 15) is 19.7 Å². The Morgan fingerprint density at radius 1 is 1.12 bits per heavy atom. The van der Waals surface area contributed by atoms with E-state index in [4.69, 9.17) is 9.15 Å². The number of ether oxygens (including phenoxy) is 1. The van der Waals surface area contributed by atoms with Crippen LogP contribution in [0.1, 0.15) is 28.9 Å². The number of benzene rings is 2. The summed E-state index contributed by atoms with van der Waals surface area (Å²) in [6.07, 6.45) is 3.03. The zero-order chi connectivity index (χ0) is 22.7. The van der Waals surface area contributed by atoms with Crippen LogP contribution in [0.15, 0.2) is 69.9 Å². The Morgan fingerprint density at radius 2 is 1.88 bits per heavy atom. The third-order valence-electron chi connectivity index (χ3n) is 4.63. The van der Waals surface area contributed by atoms with Gasteiger partial charge in [0.2, 0.25) is 0 Å². The van der Waals surface area contributed by atoms with Crippen LogP contribution in [-0.4, -0.2) is 27.1 Å². The Morgan fingerprint density at radius 3 is 2.56 bits per heavy atom. The van der Waals surface area contributed by atoms with Crippen LogP contribution in [0.5, 0.6) is 0 Å². The highest BCUT2D eigenvalue weighted by Gasteiger charge is 2.14. The predicted octanol–water partition coefficient (Wildman–Crippen LogP) is 4.23. The first-order chi connectivity index (χ1) is 15.5. The summed E-state index contributed by atoms with van der Waals surface area (Å²) in [5.41, 5.74) is 1.05. The number of carbonyl (C=O) groups excluding carboxylic acids is 1. The lowest BCUT2D eigenvalue weighted by molar-refractivity contribution is -0.402. The topological polar surface area (TPSA) is 117 Å². The first-order valence-corrected chi connectivity index (χ1v) is 9.69. The second-order valence-corrected chi connectivity index (χ2v) is 6.66. The number of aromatic nitrogens is 2. The minimum atomic E-state index is -0.632. The Kier molecular flexibility index (Phi) is 5.63. The molecule has 2 aromatic heterocycles. The van der Waals surface area contributed by atoms with Gasteiger partial charge in [0.05, 0.1) is 34.8 Å². The van der Waals surface area contributed by atoms with E-state index < -0.39 is 10.9 Å². The van der Waals surface area contributed by atoms with Crippen LogP contribution in [0.4, 0.5) is 5.88 Å². The molecule has 0 spiro atoms. The van der Waals surface area contributed by atoms with Crippen molar-refractivity contribution in [3.63, 3.8) is 0 Å². The van der Waals surface area contributed by atoms with Crippen molar-refractivity contribution in [1.82, 2.24) is 9.55 Å². The SMILES string of the molecule is CCOC(=O)c1ccc(-n2c(C=Cc3ccc([N+](=O)[O-])o3)nc3ccccc3c2=O)cc1. The highest BCUT2D eigenvalue weighted by molar-refractivity contribution is 5.89. The Labute approximate surface area is 181 Å². The third-order valence-corrected chi connectivity index (χ3v) is 4.63. The fraction of sp³-hybridized carbons (Fsp3) is 0.0870. The Balaban J connectivity index is 1.82. The van der Waals surface area contributed by atoms with Crippen molar-refractivity contribution in [2.45, 2.75) is 6.92 Å². The summed E-state index contributed by atoms with van der Waals surface area (Å²) < 4.78 is 11.5. The van der Waals surface area contributed by atoms with Gasteiger partial charge in [0.15, 0.2) is 0 Å². The summed E-state index contributed by atoms with van der Waals surface area (Å²) in [4.78, 5) is 40.0. The molecule has 0 aliphatic rings. The number of nitro groups is 1. The maximum absolute atomic E-state index is 13.3. The van der Waals surface area contributed by atoms with Crippen molar-refractivity contribution in [3.05, 3.63) is 98.3 Å². The van der Waals surface area contributed by atoms with Crippen molar-refractivity contribution in [2.75, 3.05) is 6.61 Å². The third kappa shape index (κ3) is 4.04. The van der Waals surface area contributed by atoms with Crippen LogP contribution in [-0.2, 0) is 4.74 Å². The average molecular weight is 431 g/mol. The normalized spacial score (nSPS) is 11.2. The van der Waals surface area contributed by atoms with Gasteiger partial charge in [-0.05, 0) is 61.5 Å². The molecule has 0 aliphatic carbocycles. The molecule has 4 rings (SSSR count). The van der Waals surface area contributed by atoms with E-state index in [1.54, 1.807) is 55.5 Å². The molecule has 0 atom stereocenters. The molecule has 0 aliphatic heterocycles.